The van der Waals surface area contributed by atoms with Crippen LogP contribution in [0.4, 0.5) is 0 Å². The van der Waals surface area contributed by atoms with Gasteiger partial charge in [-0.05, 0) is 30.0 Å². The summed E-state index contributed by atoms with van der Waals surface area (Å²) < 4.78 is 0. The second kappa shape index (κ2) is 5.75. The lowest BCUT2D eigenvalue weighted by Crippen LogP contribution is -2.16. The fraction of sp³-hybridized carbons (Fsp3) is 0.364. The molecule has 0 aliphatic carbocycles. The molecule has 2 rings (SSSR count). The number of benzene rings is 1. The van der Waals surface area contributed by atoms with Crippen molar-refractivity contribution in [2.45, 2.75) is 13.0 Å². The zero-order chi connectivity index (χ0) is 12.1. The summed E-state index contributed by atoms with van der Waals surface area (Å²) in [6.07, 6.45) is 0.677. The lowest BCUT2D eigenvalue weighted by Gasteiger charge is -1.97. The van der Waals surface area contributed by atoms with Crippen molar-refractivity contribution in [2.24, 2.45) is 0 Å². The van der Waals surface area contributed by atoms with E-state index >= 15 is 0 Å². The second-order valence-corrected chi connectivity index (χ2v) is 4.14. The monoisotopic (exact) mass is 251 g/mol. The van der Waals surface area contributed by atoms with Gasteiger partial charge < -0.3 is 5.32 Å². The summed E-state index contributed by atoms with van der Waals surface area (Å²) in [5, 5.41) is 16.0. The van der Waals surface area contributed by atoms with Gasteiger partial charge in [-0.2, -0.15) is 4.80 Å². The van der Waals surface area contributed by atoms with Crippen molar-refractivity contribution in [3.8, 4) is 0 Å². The molecule has 5 nitrogen and oxygen atoms in total. The third-order valence-corrected chi connectivity index (χ3v) is 2.58. The van der Waals surface area contributed by atoms with Crippen molar-refractivity contribution in [2.75, 3.05) is 13.6 Å². The number of nitrogens with one attached hydrogen (secondary N) is 1. The Morgan fingerprint density at radius 2 is 2.06 bits per heavy atom. The summed E-state index contributed by atoms with van der Waals surface area (Å²) in [5.41, 5.74) is 1.13. The standard InChI is InChI=1S/C11H14ClN5/c1-13-6-7-17-15-11(14-16-17)8-9-2-4-10(12)5-3-9/h2-5,13H,6-8H2,1H3. The first-order chi connectivity index (χ1) is 8.28. The molecule has 0 saturated carbocycles. The zero-order valence-corrected chi connectivity index (χ0v) is 10.4. The fourth-order valence-corrected chi connectivity index (χ4v) is 1.56. The number of rotatable bonds is 5. The molecule has 2 aromatic rings. The Bertz CT molecular complexity index is 465. The van der Waals surface area contributed by atoms with Crippen LogP contribution in [0.2, 0.25) is 5.02 Å². The lowest BCUT2D eigenvalue weighted by atomic mass is 10.1. The van der Waals surface area contributed by atoms with Crippen LogP contribution in [0.3, 0.4) is 0 Å². The maximum absolute atomic E-state index is 5.82. The topological polar surface area (TPSA) is 55.6 Å². The molecule has 0 atom stereocenters. The van der Waals surface area contributed by atoms with E-state index in [0.29, 0.717) is 6.42 Å². The van der Waals surface area contributed by atoms with E-state index in [1.165, 1.54) is 0 Å². The predicted molar refractivity (Wildman–Crippen MR) is 66.0 cm³/mol. The Hall–Kier alpha value is -1.46. The fourth-order valence-electron chi connectivity index (χ4n) is 1.44. The Kier molecular flexibility index (Phi) is 4.06. The van der Waals surface area contributed by atoms with Gasteiger partial charge in [-0.15, -0.1) is 10.2 Å². The van der Waals surface area contributed by atoms with E-state index in [-0.39, 0.29) is 0 Å². The second-order valence-electron chi connectivity index (χ2n) is 3.71. The number of halogens is 1. The van der Waals surface area contributed by atoms with Gasteiger partial charge in [0.1, 0.15) is 0 Å². The highest BCUT2D eigenvalue weighted by Crippen LogP contribution is 2.11. The van der Waals surface area contributed by atoms with E-state index in [4.69, 9.17) is 11.6 Å². The van der Waals surface area contributed by atoms with Gasteiger partial charge in [0.15, 0.2) is 5.82 Å². The molecule has 0 unspecified atom stereocenters. The van der Waals surface area contributed by atoms with Crippen molar-refractivity contribution >= 4 is 11.6 Å². The van der Waals surface area contributed by atoms with Crippen molar-refractivity contribution in [1.82, 2.24) is 25.5 Å². The van der Waals surface area contributed by atoms with Crippen molar-refractivity contribution in [3.05, 3.63) is 40.7 Å². The van der Waals surface area contributed by atoms with Crippen LogP contribution in [0, 0.1) is 0 Å². The molecule has 1 aromatic heterocycles. The van der Waals surface area contributed by atoms with Gasteiger partial charge in [0.25, 0.3) is 0 Å². The summed E-state index contributed by atoms with van der Waals surface area (Å²) in [5.74, 6) is 0.725. The molecule has 0 saturated heterocycles. The molecule has 0 bridgehead atoms. The minimum Gasteiger partial charge on any atom is -0.318 e. The molecule has 0 radical (unpaired) electrons. The van der Waals surface area contributed by atoms with Gasteiger partial charge in [0.05, 0.1) is 6.54 Å². The minimum atomic E-state index is 0.677. The predicted octanol–water partition coefficient (Wildman–Crippen LogP) is 1.14. The summed E-state index contributed by atoms with van der Waals surface area (Å²) in [7, 11) is 1.89. The van der Waals surface area contributed by atoms with Crippen LogP contribution in [0.5, 0.6) is 0 Å². The summed E-state index contributed by atoms with van der Waals surface area (Å²) in [6, 6.07) is 7.66. The SMILES string of the molecule is CNCCn1nnc(Cc2ccc(Cl)cc2)n1. The van der Waals surface area contributed by atoms with Crippen LogP contribution in [0.15, 0.2) is 24.3 Å². The number of nitrogens with zero attached hydrogens (tertiary/aromatic N) is 4. The molecular formula is C11H14ClN5. The average molecular weight is 252 g/mol. The first-order valence-electron chi connectivity index (χ1n) is 5.43. The normalized spacial score (nSPS) is 10.7. The van der Waals surface area contributed by atoms with Crippen LogP contribution >= 0.6 is 11.6 Å². The Labute approximate surface area is 105 Å². The van der Waals surface area contributed by atoms with E-state index in [9.17, 15) is 0 Å². The molecule has 0 fully saturated rings. The van der Waals surface area contributed by atoms with E-state index in [1.807, 2.05) is 31.3 Å². The Balaban J connectivity index is 1.98. The third-order valence-electron chi connectivity index (χ3n) is 2.33. The number of hydrogen-bond donors (Lipinski definition) is 1. The minimum absolute atomic E-state index is 0.677. The lowest BCUT2D eigenvalue weighted by molar-refractivity contribution is 0.506. The molecule has 1 heterocycles. The summed E-state index contributed by atoms with van der Waals surface area (Å²) in [6.45, 7) is 1.56. The summed E-state index contributed by atoms with van der Waals surface area (Å²) in [4.78, 5) is 1.60. The highest BCUT2D eigenvalue weighted by Gasteiger charge is 2.03. The number of aromatic nitrogens is 4. The summed E-state index contributed by atoms with van der Waals surface area (Å²) >= 11 is 5.82. The van der Waals surface area contributed by atoms with Gasteiger partial charge >= 0.3 is 0 Å². The molecule has 0 aliphatic heterocycles. The Morgan fingerprint density at radius 3 is 2.76 bits per heavy atom. The van der Waals surface area contributed by atoms with E-state index < -0.39 is 0 Å². The van der Waals surface area contributed by atoms with E-state index in [2.05, 4.69) is 20.7 Å². The van der Waals surface area contributed by atoms with Crippen LogP contribution in [0.1, 0.15) is 11.4 Å². The molecule has 1 N–H and O–H groups in total. The molecule has 1 aromatic carbocycles. The smallest absolute Gasteiger partial charge is 0.179 e. The number of tetrazole rings is 1. The van der Waals surface area contributed by atoms with Crippen molar-refractivity contribution < 1.29 is 0 Å². The maximum Gasteiger partial charge on any atom is 0.179 e. The van der Waals surface area contributed by atoms with Crippen molar-refractivity contribution in [3.63, 3.8) is 0 Å². The van der Waals surface area contributed by atoms with E-state index in [0.717, 1.165) is 29.5 Å². The number of likely N-dealkylation sites (N-methyl/N-ethyl adjacent to an activating group) is 1. The quantitative estimate of drug-likeness (QED) is 0.866. The highest BCUT2D eigenvalue weighted by molar-refractivity contribution is 6.30. The molecule has 6 heteroatoms. The zero-order valence-electron chi connectivity index (χ0n) is 9.60. The molecule has 0 amide bonds. The molecule has 0 aliphatic rings. The molecule has 17 heavy (non-hydrogen) atoms. The molecular weight excluding hydrogens is 238 g/mol. The van der Waals surface area contributed by atoms with Crippen LogP contribution < -0.4 is 5.32 Å². The highest BCUT2D eigenvalue weighted by atomic mass is 35.5. The molecule has 0 spiro atoms. The van der Waals surface area contributed by atoms with Crippen LogP contribution in [-0.4, -0.2) is 33.8 Å². The third kappa shape index (κ3) is 3.51. The van der Waals surface area contributed by atoms with Gasteiger partial charge in [0, 0.05) is 18.0 Å². The Morgan fingerprint density at radius 1 is 1.29 bits per heavy atom. The van der Waals surface area contributed by atoms with Gasteiger partial charge in [-0.3, -0.25) is 0 Å². The average Bonchev–Trinajstić information content (AvgIpc) is 2.77. The van der Waals surface area contributed by atoms with E-state index in [1.54, 1.807) is 4.80 Å². The van der Waals surface area contributed by atoms with Crippen molar-refractivity contribution in [1.29, 1.82) is 0 Å². The van der Waals surface area contributed by atoms with Gasteiger partial charge in [0.2, 0.25) is 0 Å². The van der Waals surface area contributed by atoms with Crippen LogP contribution in [0.25, 0.3) is 0 Å². The first kappa shape index (κ1) is 12.0. The van der Waals surface area contributed by atoms with Gasteiger partial charge in [-0.25, -0.2) is 0 Å². The maximum atomic E-state index is 5.82. The number of hydrogen-bond acceptors (Lipinski definition) is 4. The molecule has 90 valence electrons. The van der Waals surface area contributed by atoms with Crippen LogP contribution in [-0.2, 0) is 13.0 Å². The first-order valence-corrected chi connectivity index (χ1v) is 5.81. The van der Waals surface area contributed by atoms with Gasteiger partial charge in [-0.1, -0.05) is 23.7 Å². The largest absolute Gasteiger partial charge is 0.318 e.